The van der Waals surface area contributed by atoms with E-state index < -0.39 is 31.1 Å². The summed E-state index contributed by atoms with van der Waals surface area (Å²) >= 11 is 0. The Morgan fingerprint density at radius 1 is 1.06 bits per heavy atom. The van der Waals surface area contributed by atoms with Crippen LogP contribution in [0.3, 0.4) is 0 Å². The molecule has 0 radical (unpaired) electrons. The van der Waals surface area contributed by atoms with Crippen LogP contribution >= 0.6 is 0 Å². The Bertz CT molecular complexity index is 1180. The first kappa shape index (κ1) is 25.7. The molecule has 0 fully saturated rings. The summed E-state index contributed by atoms with van der Waals surface area (Å²) in [5.41, 5.74) is 5.51. The maximum absolute atomic E-state index is 13.0. The molecule has 0 unspecified atom stereocenters. The van der Waals surface area contributed by atoms with Crippen LogP contribution in [0.1, 0.15) is 64.2 Å². The van der Waals surface area contributed by atoms with E-state index in [2.05, 4.69) is 44.7 Å². The van der Waals surface area contributed by atoms with Gasteiger partial charge in [0.1, 0.15) is 6.54 Å². The summed E-state index contributed by atoms with van der Waals surface area (Å²) in [7, 11) is 0. The molecule has 192 valence electrons. The summed E-state index contributed by atoms with van der Waals surface area (Å²) in [5.74, 6) is -3.15. The molecular weight excluding hydrogens is 460 g/mol. The molecule has 2 N–H and O–H groups in total. The lowest BCUT2D eigenvalue weighted by atomic mass is 9.69. The van der Waals surface area contributed by atoms with Crippen LogP contribution in [0.25, 0.3) is 6.08 Å². The molecule has 4 rings (SSSR count). The molecule has 0 aromatic heterocycles. The number of imide groups is 1. The van der Waals surface area contributed by atoms with E-state index in [1.807, 2.05) is 6.08 Å². The summed E-state index contributed by atoms with van der Waals surface area (Å²) < 4.78 is 5.05. The maximum atomic E-state index is 13.0. The van der Waals surface area contributed by atoms with Gasteiger partial charge in [0.2, 0.25) is 0 Å². The molecule has 0 bridgehead atoms. The van der Waals surface area contributed by atoms with Gasteiger partial charge in [0.05, 0.1) is 0 Å². The number of carboxylic acids is 1. The molecule has 0 saturated carbocycles. The highest BCUT2D eigenvalue weighted by molar-refractivity contribution is 6.16. The zero-order valence-corrected chi connectivity index (χ0v) is 21.6. The normalized spacial score (nSPS) is 21.9. The number of aliphatic hydroxyl groups excluding tert-OH is 1. The number of carbonyl (C=O) groups excluding carboxylic acids is 2. The molecule has 0 atom stereocenters. The molecule has 1 aromatic rings. The fourth-order valence-corrected chi connectivity index (χ4v) is 5.33. The van der Waals surface area contributed by atoms with E-state index in [1.165, 1.54) is 16.8 Å². The lowest BCUT2D eigenvalue weighted by molar-refractivity contribution is -0.152. The third kappa shape index (κ3) is 4.46. The summed E-state index contributed by atoms with van der Waals surface area (Å²) in [6.07, 6.45) is 7.38. The first-order valence-corrected chi connectivity index (χ1v) is 12.2. The van der Waals surface area contributed by atoms with Gasteiger partial charge in [-0.2, -0.15) is 0 Å². The number of hydrogen-bond acceptors (Lipinski definition) is 6. The van der Waals surface area contributed by atoms with Crippen LogP contribution < -0.4 is 4.90 Å². The molecular formula is C28H34N2O6. The van der Waals surface area contributed by atoms with Crippen LogP contribution in [-0.4, -0.2) is 59.3 Å². The van der Waals surface area contributed by atoms with Gasteiger partial charge in [-0.3, -0.25) is 19.3 Å². The number of nitrogens with zero attached hydrogens (tertiary/aromatic N) is 2. The van der Waals surface area contributed by atoms with Crippen LogP contribution in [0.15, 0.2) is 41.2 Å². The Hall–Kier alpha value is -3.39. The fraction of sp³-hybridized carbons (Fsp3) is 0.464. The highest BCUT2D eigenvalue weighted by Gasteiger charge is 2.40. The van der Waals surface area contributed by atoms with Crippen LogP contribution in [0.2, 0.25) is 0 Å². The Kier molecular flexibility index (Phi) is 6.60. The second-order valence-electron chi connectivity index (χ2n) is 11.0. The number of aliphatic hydroxyl groups is 1. The Morgan fingerprint density at radius 3 is 2.17 bits per heavy atom. The number of aliphatic carboxylic acids is 1. The lowest BCUT2D eigenvalue weighted by Gasteiger charge is -2.48. The van der Waals surface area contributed by atoms with E-state index in [0.717, 1.165) is 31.5 Å². The minimum Gasteiger partial charge on any atom is -0.480 e. The van der Waals surface area contributed by atoms with Crippen LogP contribution in [0.5, 0.6) is 0 Å². The van der Waals surface area contributed by atoms with E-state index in [4.69, 9.17) is 9.84 Å². The average molecular weight is 495 g/mol. The van der Waals surface area contributed by atoms with Crippen molar-refractivity contribution in [2.24, 2.45) is 0 Å². The predicted octanol–water partition coefficient (Wildman–Crippen LogP) is 3.49. The van der Waals surface area contributed by atoms with Crippen molar-refractivity contribution in [2.75, 3.05) is 31.3 Å². The smallest absolute Gasteiger partial charge is 0.323 e. The Balaban J connectivity index is 1.76. The van der Waals surface area contributed by atoms with Crippen molar-refractivity contribution in [1.82, 2.24) is 4.90 Å². The third-order valence-corrected chi connectivity index (χ3v) is 7.63. The molecule has 0 saturated heterocycles. The van der Waals surface area contributed by atoms with Crippen LogP contribution in [0.4, 0.5) is 5.69 Å². The highest BCUT2D eigenvalue weighted by atomic mass is 16.6. The largest absolute Gasteiger partial charge is 0.480 e. The molecule has 8 nitrogen and oxygen atoms in total. The second kappa shape index (κ2) is 9.24. The van der Waals surface area contributed by atoms with Crippen molar-refractivity contribution in [3.63, 3.8) is 0 Å². The molecule has 3 aliphatic rings. The maximum Gasteiger partial charge on any atom is 0.323 e. The van der Waals surface area contributed by atoms with Gasteiger partial charge in [-0.05, 0) is 65.5 Å². The van der Waals surface area contributed by atoms with Gasteiger partial charge >= 0.3 is 5.97 Å². The van der Waals surface area contributed by atoms with Gasteiger partial charge < -0.3 is 19.8 Å². The highest BCUT2D eigenvalue weighted by Crippen LogP contribution is 2.49. The van der Waals surface area contributed by atoms with Crippen molar-refractivity contribution in [1.29, 1.82) is 0 Å². The van der Waals surface area contributed by atoms with E-state index >= 15 is 0 Å². The Morgan fingerprint density at radius 2 is 1.64 bits per heavy atom. The molecule has 0 aliphatic carbocycles. The molecule has 8 heteroatoms. The summed E-state index contributed by atoms with van der Waals surface area (Å²) in [4.78, 5) is 39.9. The summed E-state index contributed by atoms with van der Waals surface area (Å²) in [6, 6.07) is 4.43. The van der Waals surface area contributed by atoms with E-state index in [1.54, 1.807) is 19.1 Å². The van der Waals surface area contributed by atoms with Crippen molar-refractivity contribution >= 4 is 29.5 Å². The van der Waals surface area contributed by atoms with E-state index in [-0.39, 0.29) is 27.7 Å². The predicted molar refractivity (Wildman–Crippen MR) is 136 cm³/mol. The topological polar surface area (TPSA) is 107 Å². The number of anilines is 1. The number of benzene rings is 1. The van der Waals surface area contributed by atoms with Crippen molar-refractivity contribution in [2.45, 2.75) is 58.3 Å². The lowest BCUT2D eigenvalue weighted by Crippen LogP contribution is -2.46. The first-order valence-electron chi connectivity index (χ1n) is 12.2. The number of carbonyl (C=O) groups is 3. The number of amides is 2. The van der Waals surface area contributed by atoms with Gasteiger partial charge in [0.15, 0.2) is 12.6 Å². The van der Waals surface area contributed by atoms with Gasteiger partial charge in [-0.15, -0.1) is 0 Å². The molecule has 36 heavy (non-hydrogen) atoms. The summed E-state index contributed by atoms with van der Waals surface area (Å²) in [5, 5.41) is 18.3. The van der Waals surface area contributed by atoms with Gasteiger partial charge in [-0.25, -0.2) is 0 Å². The zero-order valence-electron chi connectivity index (χ0n) is 21.6. The van der Waals surface area contributed by atoms with Crippen LogP contribution in [-0.2, 0) is 30.0 Å². The molecule has 0 spiro atoms. The fourth-order valence-electron chi connectivity index (χ4n) is 5.33. The summed E-state index contributed by atoms with van der Waals surface area (Å²) in [6.45, 7) is 11.2. The Labute approximate surface area is 211 Å². The van der Waals surface area contributed by atoms with E-state index in [0.29, 0.717) is 4.90 Å². The number of carboxylic acid groups (broad SMARTS) is 1. The monoisotopic (exact) mass is 494 g/mol. The molecule has 2 amide bonds. The minimum absolute atomic E-state index is 0.0449. The van der Waals surface area contributed by atoms with Gasteiger partial charge in [0, 0.05) is 29.9 Å². The minimum atomic E-state index is -1.32. The second-order valence-corrected chi connectivity index (χ2v) is 11.0. The third-order valence-electron chi connectivity index (χ3n) is 7.63. The van der Waals surface area contributed by atoms with Gasteiger partial charge in [0.25, 0.3) is 11.8 Å². The number of hydrogen-bond donors (Lipinski definition) is 2. The quantitative estimate of drug-likeness (QED) is 0.354. The van der Waals surface area contributed by atoms with Gasteiger partial charge in [-0.1, -0.05) is 39.8 Å². The van der Waals surface area contributed by atoms with Crippen LogP contribution in [0, 0.1) is 0 Å². The van der Waals surface area contributed by atoms with Crippen molar-refractivity contribution in [3.05, 3.63) is 57.9 Å². The zero-order chi connectivity index (χ0) is 26.4. The standard InChI is InChI=1S/C28H34N2O6/c1-17-19(25(34)30(15-22(32)33)26(35)24(17)36-16-31)8-6-7-18-13-20-23-21(14-18)28(4,5)10-12-29(23)11-9-27(20,2)3/h6-8,13-14,31H,9-12,15-16H2,1-5H3,(H,32,33)/b7-6+,19-8-. The number of allylic oxidation sites excluding steroid dienone is 2. The first-order chi connectivity index (χ1) is 16.9. The average Bonchev–Trinajstić information content (AvgIpc) is 2.80. The number of ether oxygens (including phenoxy) is 1. The molecule has 3 heterocycles. The number of rotatable bonds is 6. The molecule has 1 aromatic carbocycles. The molecule has 3 aliphatic heterocycles. The van der Waals surface area contributed by atoms with Crippen molar-refractivity contribution in [3.8, 4) is 0 Å². The van der Waals surface area contributed by atoms with Crippen molar-refractivity contribution < 1.29 is 29.3 Å². The van der Waals surface area contributed by atoms with E-state index in [9.17, 15) is 19.5 Å². The SMILES string of the molecule is CC1=C(OCO)C(=O)N(CC(=O)O)C(=O)/C1=C\C=C\c1cc2c3c(c1)C(C)(C)CCN3CCC2(C)C.